The summed E-state index contributed by atoms with van der Waals surface area (Å²) in [6.45, 7) is 0.0190. The van der Waals surface area contributed by atoms with Crippen LogP contribution >= 0.6 is 23.2 Å². The molecule has 0 saturated carbocycles. The van der Waals surface area contributed by atoms with E-state index in [-0.39, 0.29) is 18.4 Å². The number of carbonyl (C=O) groups excluding carboxylic acids is 1. The molecule has 0 aliphatic carbocycles. The highest BCUT2D eigenvalue weighted by Crippen LogP contribution is 2.27. The molecule has 6 nitrogen and oxygen atoms in total. The molecule has 0 spiro atoms. The topological polar surface area (TPSA) is 76.1 Å². The van der Waals surface area contributed by atoms with Gasteiger partial charge in [-0.1, -0.05) is 59.6 Å². The number of para-hydroxylation sites is 2. The van der Waals surface area contributed by atoms with Gasteiger partial charge in [-0.25, -0.2) is 9.97 Å². The van der Waals surface area contributed by atoms with Crippen molar-refractivity contribution in [3.63, 3.8) is 0 Å². The molecule has 1 heterocycles. The van der Waals surface area contributed by atoms with E-state index in [4.69, 9.17) is 27.9 Å². The highest BCUT2D eigenvalue weighted by molar-refractivity contribution is 6.30. The van der Waals surface area contributed by atoms with Gasteiger partial charge in [0.05, 0.1) is 30.7 Å². The Kier molecular flexibility index (Phi) is 7.07. The minimum absolute atomic E-state index is 0.0190. The van der Waals surface area contributed by atoms with Crippen LogP contribution in [0.15, 0.2) is 78.9 Å². The van der Waals surface area contributed by atoms with E-state index < -0.39 is 0 Å². The van der Waals surface area contributed by atoms with Crippen LogP contribution in [-0.2, 0) is 4.79 Å². The lowest BCUT2D eigenvalue weighted by molar-refractivity contribution is -0.114. The number of benzene rings is 3. The van der Waals surface area contributed by atoms with E-state index in [0.29, 0.717) is 32.9 Å². The molecule has 0 unspecified atom stereocenters. The Morgan fingerprint density at radius 2 is 1.39 bits per heavy atom. The Morgan fingerprint density at radius 3 is 1.94 bits per heavy atom. The molecule has 0 aliphatic heterocycles. The zero-order valence-electron chi connectivity index (χ0n) is 17.7. The number of nitrogens with zero attached hydrogens (tertiary/aromatic N) is 2. The summed E-state index contributed by atoms with van der Waals surface area (Å²) in [4.78, 5) is 21.7. The van der Waals surface area contributed by atoms with Crippen LogP contribution in [0.4, 0.5) is 11.6 Å². The van der Waals surface area contributed by atoms with Crippen LogP contribution in [0.25, 0.3) is 22.5 Å². The molecule has 0 atom stereocenters. The molecular weight excluding hydrogens is 459 g/mol. The van der Waals surface area contributed by atoms with E-state index in [1.54, 1.807) is 31.4 Å². The van der Waals surface area contributed by atoms with Gasteiger partial charge in [-0.05, 0) is 42.5 Å². The summed E-state index contributed by atoms with van der Waals surface area (Å²) in [5.41, 5.74) is 3.71. The zero-order chi connectivity index (χ0) is 23.2. The van der Waals surface area contributed by atoms with Crippen LogP contribution in [0.2, 0.25) is 10.0 Å². The number of aromatic nitrogens is 2. The summed E-state index contributed by atoms with van der Waals surface area (Å²) in [5.74, 6) is 0.548. The minimum atomic E-state index is -0.295. The molecule has 1 aromatic heterocycles. The average molecular weight is 479 g/mol. The molecule has 166 valence electrons. The van der Waals surface area contributed by atoms with Gasteiger partial charge < -0.3 is 10.1 Å². The first kappa shape index (κ1) is 22.6. The van der Waals surface area contributed by atoms with E-state index in [0.717, 1.165) is 11.1 Å². The van der Waals surface area contributed by atoms with Gasteiger partial charge in [-0.2, -0.15) is 0 Å². The largest absolute Gasteiger partial charge is 0.495 e. The molecule has 3 aromatic carbocycles. The first-order valence-electron chi connectivity index (χ1n) is 10.1. The smallest absolute Gasteiger partial charge is 0.246 e. The molecular formula is C25H20Cl2N4O2. The summed E-state index contributed by atoms with van der Waals surface area (Å²) in [6.07, 6.45) is 0. The Hall–Kier alpha value is -3.61. The Bertz CT molecular complexity index is 1200. The second kappa shape index (κ2) is 10.3. The molecule has 4 rings (SSSR count). The molecule has 2 N–H and O–H groups in total. The monoisotopic (exact) mass is 478 g/mol. The molecule has 0 bridgehead atoms. The minimum Gasteiger partial charge on any atom is -0.495 e. The van der Waals surface area contributed by atoms with Gasteiger partial charge in [-0.15, -0.1) is 0 Å². The van der Waals surface area contributed by atoms with Crippen LogP contribution in [0, 0.1) is 0 Å². The van der Waals surface area contributed by atoms with Gasteiger partial charge in [0.2, 0.25) is 11.9 Å². The average Bonchev–Trinajstić information content (AvgIpc) is 2.83. The number of nitrogens with one attached hydrogen (secondary N) is 2. The number of ether oxygens (including phenoxy) is 1. The second-order valence-electron chi connectivity index (χ2n) is 7.08. The fraction of sp³-hybridized carbons (Fsp3) is 0.0800. The predicted octanol–water partition coefficient (Wildman–Crippen LogP) is 6.18. The Labute approximate surface area is 201 Å². The maximum Gasteiger partial charge on any atom is 0.246 e. The number of methoxy groups -OCH3 is 1. The van der Waals surface area contributed by atoms with E-state index >= 15 is 0 Å². The maximum absolute atomic E-state index is 12.6. The third kappa shape index (κ3) is 5.80. The molecule has 1 amide bonds. The van der Waals surface area contributed by atoms with E-state index in [2.05, 4.69) is 20.6 Å². The maximum atomic E-state index is 12.6. The van der Waals surface area contributed by atoms with Crippen molar-refractivity contribution in [2.24, 2.45) is 0 Å². The highest BCUT2D eigenvalue weighted by Gasteiger charge is 2.12. The summed E-state index contributed by atoms with van der Waals surface area (Å²) in [5, 5.41) is 7.10. The number of rotatable bonds is 7. The predicted molar refractivity (Wildman–Crippen MR) is 133 cm³/mol. The van der Waals surface area contributed by atoms with Crippen LogP contribution in [-0.4, -0.2) is 29.5 Å². The van der Waals surface area contributed by atoms with E-state index in [1.807, 2.05) is 54.6 Å². The highest BCUT2D eigenvalue weighted by atomic mass is 35.5. The first-order chi connectivity index (χ1) is 16.0. The van der Waals surface area contributed by atoms with Crippen molar-refractivity contribution in [1.82, 2.24) is 9.97 Å². The SMILES string of the molecule is COc1ccccc1NCC(=O)Nc1nc(-c2ccc(Cl)cc2)cc(-c2ccc(Cl)cc2)n1. The van der Waals surface area contributed by atoms with Crippen molar-refractivity contribution in [3.05, 3.63) is 88.9 Å². The fourth-order valence-electron chi connectivity index (χ4n) is 3.18. The standard InChI is InChI=1S/C25H20Cl2N4O2/c1-33-23-5-3-2-4-20(23)28-15-24(32)31-25-29-21(16-6-10-18(26)11-7-16)14-22(30-25)17-8-12-19(27)13-9-17/h2-14,28H,15H2,1H3,(H,29,30,31,32). The van der Waals surface area contributed by atoms with Crippen molar-refractivity contribution in [1.29, 1.82) is 0 Å². The van der Waals surface area contributed by atoms with Crippen LogP contribution < -0.4 is 15.4 Å². The Morgan fingerprint density at radius 1 is 0.848 bits per heavy atom. The first-order valence-corrected chi connectivity index (χ1v) is 10.8. The zero-order valence-corrected chi connectivity index (χ0v) is 19.2. The van der Waals surface area contributed by atoms with E-state index in [9.17, 15) is 4.79 Å². The molecule has 4 aromatic rings. The normalized spacial score (nSPS) is 10.5. The van der Waals surface area contributed by atoms with Crippen molar-refractivity contribution in [2.75, 3.05) is 24.3 Å². The van der Waals surface area contributed by atoms with Crippen molar-refractivity contribution in [3.8, 4) is 28.3 Å². The van der Waals surface area contributed by atoms with Gasteiger partial charge >= 0.3 is 0 Å². The summed E-state index contributed by atoms with van der Waals surface area (Å²) < 4.78 is 5.30. The molecule has 33 heavy (non-hydrogen) atoms. The van der Waals surface area contributed by atoms with Crippen LogP contribution in [0.3, 0.4) is 0 Å². The molecule has 8 heteroatoms. The third-order valence-corrected chi connectivity index (χ3v) is 5.31. The number of anilines is 2. The third-order valence-electron chi connectivity index (χ3n) is 4.80. The van der Waals surface area contributed by atoms with Gasteiger partial charge in [0.25, 0.3) is 0 Å². The fourth-order valence-corrected chi connectivity index (χ4v) is 3.43. The van der Waals surface area contributed by atoms with Gasteiger partial charge in [-0.3, -0.25) is 10.1 Å². The number of amides is 1. The lowest BCUT2D eigenvalue weighted by atomic mass is 10.1. The van der Waals surface area contributed by atoms with Crippen molar-refractivity contribution < 1.29 is 9.53 Å². The van der Waals surface area contributed by atoms with Crippen LogP contribution in [0.5, 0.6) is 5.75 Å². The van der Waals surface area contributed by atoms with Gasteiger partial charge in [0.15, 0.2) is 0 Å². The molecule has 0 aliphatic rings. The van der Waals surface area contributed by atoms with Crippen molar-refractivity contribution >= 4 is 40.7 Å². The number of hydrogen-bond acceptors (Lipinski definition) is 5. The van der Waals surface area contributed by atoms with Gasteiger partial charge in [0, 0.05) is 21.2 Å². The summed E-state index contributed by atoms with van der Waals surface area (Å²) >= 11 is 12.1. The van der Waals surface area contributed by atoms with Crippen molar-refractivity contribution in [2.45, 2.75) is 0 Å². The molecule has 0 saturated heterocycles. The molecule has 0 radical (unpaired) electrons. The number of hydrogen-bond donors (Lipinski definition) is 2. The lowest BCUT2D eigenvalue weighted by Crippen LogP contribution is -2.23. The summed E-state index contributed by atoms with van der Waals surface area (Å²) in [6, 6.07) is 23.8. The number of carbonyl (C=O) groups is 1. The second-order valence-corrected chi connectivity index (χ2v) is 7.95. The number of halogens is 2. The summed E-state index contributed by atoms with van der Waals surface area (Å²) in [7, 11) is 1.58. The van der Waals surface area contributed by atoms with E-state index in [1.165, 1.54) is 0 Å². The van der Waals surface area contributed by atoms with Gasteiger partial charge in [0.1, 0.15) is 5.75 Å². The Balaban J connectivity index is 1.60. The molecule has 0 fully saturated rings. The lowest BCUT2D eigenvalue weighted by Gasteiger charge is -2.12. The van der Waals surface area contributed by atoms with Crippen LogP contribution in [0.1, 0.15) is 0 Å². The quantitative estimate of drug-likeness (QED) is 0.331.